The number of benzene rings is 1. The van der Waals surface area contributed by atoms with Crippen LogP contribution in [0.5, 0.6) is 0 Å². The lowest BCUT2D eigenvalue weighted by Gasteiger charge is -2.29. The van der Waals surface area contributed by atoms with E-state index in [-0.39, 0.29) is 18.0 Å². The van der Waals surface area contributed by atoms with E-state index in [1.54, 1.807) is 0 Å². The Labute approximate surface area is 115 Å². The van der Waals surface area contributed by atoms with E-state index in [1.807, 2.05) is 26.0 Å². The highest BCUT2D eigenvalue weighted by molar-refractivity contribution is 5.32. The van der Waals surface area contributed by atoms with Gasteiger partial charge in [-0.1, -0.05) is 12.1 Å². The Kier molecular flexibility index (Phi) is 4.58. The molecule has 1 aromatic carbocycles. The lowest BCUT2D eigenvalue weighted by atomic mass is 9.92. The van der Waals surface area contributed by atoms with Crippen LogP contribution in [-0.4, -0.2) is 17.3 Å². The molecule has 2 nitrogen and oxygen atoms in total. The molecule has 0 spiro atoms. The van der Waals surface area contributed by atoms with E-state index in [0.29, 0.717) is 17.2 Å². The summed E-state index contributed by atoms with van der Waals surface area (Å²) in [6, 6.07) is 4.54. The van der Waals surface area contributed by atoms with Crippen molar-refractivity contribution < 1.29 is 9.50 Å². The van der Waals surface area contributed by atoms with Crippen LogP contribution in [0.15, 0.2) is 12.1 Å². The highest BCUT2D eigenvalue weighted by Gasteiger charge is 2.21. The quantitative estimate of drug-likeness (QED) is 0.878. The summed E-state index contributed by atoms with van der Waals surface area (Å²) in [7, 11) is 0. The van der Waals surface area contributed by atoms with Gasteiger partial charge in [-0.2, -0.15) is 0 Å². The van der Waals surface area contributed by atoms with Crippen molar-refractivity contribution >= 4 is 0 Å². The number of rotatable bonds is 3. The van der Waals surface area contributed by atoms with Crippen LogP contribution >= 0.6 is 0 Å². The van der Waals surface area contributed by atoms with Crippen molar-refractivity contribution in [3.8, 4) is 0 Å². The van der Waals surface area contributed by atoms with Gasteiger partial charge in [-0.3, -0.25) is 0 Å². The maximum Gasteiger partial charge on any atom is 0.129 e. The molecule has 0 saturated heterocycles. The van der Waals surface area contributed by atoms with Gasteiger partial charge < -0.3 is 10.4 Å². The minimum absolute atomic E-state index is 0.100. The van der Waals surface area contributed by atoms with Crippen molar-refractivity contribution in [3.05, 3.63) is 34.6 Å². The highest BCUT2D eigenvalue weighted by Crippen LogP contribution is 2.24. The number of halogens is 1. The fraction of sp³-hybridized carbons (Fsp3) is 0.625. The number of nitrogens with one attached hydrogen (secondary N) is 1. The zero-order valence-electron chi connectivity index (χ0n) is 12.0. The third-order valence-corrected chi connectivity index (χ3v) is 4.14. The SMILES string of the molecule is Cc1cc(C(C)NC2CCC(O)CC2)cc(C)c1F. The molecule has 0 heterocycles. The Morgan fingerprint density at radius 2 is 1.68 bits per heavy atom. The summed E-state index contributed by atoms with van der Waals surface area (Å²) >= 11 is 0. The van der Waals surface area contributed by atoms with Crippen molar-refractivity contribution in [1.29, 1.82) is 0 Å². The third kappa shape index (κ3) is 3.54. The van der Waals surface area contributed by atoms with Crippen LogP contribution in [0.4, 0.5) is 4.39 Å². The van der Waals surface area contributed by atoms with Gasteiger partial charge in [0.2, 0.25) is 0 Å². The van der Waals surface area contributed by atoms with Gasteiger partial charge in [0.05, 0.1) is 6.10 Å². The Morgan fingerprint density at radius 1 is 1.16 bits per heavy atom. The van der Waals surface area contributed by atoms with Crippen LogP contribution in [0.2, 0.25) is 0 Å². The lowest BCUT2D eigenvalue weighted by Crippen LogP contribution is -2.36. The summed E-state index contributed by atoms with van der Waals surface area (Å²) in [5.41, 5.74) is 2.56. The molecule has 1 saturated carbocycles. The fourth-order valence-electron chi connectivity index (χ4n) is 2.92. The van der Waals surface area contributed by atoms with Crippen LogP contribution < -0.4 is 5.32 Å². The minimum atomic E-state index is -0.122. The predicted octanol–water partition coefficient (Wildman–Crippen LogP) is 3.40. The standard InChI is InChI=1S/C16H24FNO/c1-10-8-13(9-11(2)16(10)17)12(3)18-14-4-6-15(19)7-5-14/h8-9,12,14-15,18-19H,4-7H2,1-3H3. The average molecular weight is 265 g/mol. The molecule has 0 aromatic heterocycles. The van der Waals surface area contributed by atoms with Crippen LogP contribution in [0.1, 0.15) is 55.3 Å². The smallest absolute Gasteiger partial charge is 0.129 e. The van der Waals surface area contributed by atoms with E-state index in [0.717, 1.165) is 31.2 Å². The van der Waals surface area contributed by atoms with Gasteiger partial charge >= 0.3 is 0 Å². The molecule has 0 bridgehead atoms. The molecule has 0 aliphatic heterocycles. The Hall–Kier alpha value is -0.930. The molecular weight excluding hydrogens is 241 g/mol. The molecular formula is C16H24FNO. The monoisotopic (exact) mass is 265 g/mol. The topological polar surface area (TPSA) is 32.3 Å². The maximum absolute atomic E-state index is 13.6. The first kappa shape index (κ1) is 14.5. The second-order valence-electron chi connectivity index (χ2n) is 5.86. The predicted molar refractivity (Wildman–Crippen MR) is 75.7 cm³/mol. The maximum atomic E-state index is 13.6. The molecule has 2 rings (SSSR count). The molecule has 3 heteroatoms. The second kappa shape index (κ2) is 6.02. The minimum Gasteiger partial charge on any atom is -0.393 e. The molecule has 1 atom stereocenters. The summed E-state index contributed by atoms with van der Waals surface area (Å²) in [4.78, 5) is 0. The van der Waals surface area contributed by atoms with E-state index in [2.05, 4.69) is 12.2 Å². The summed E-state index contributed by atoms with van der Waals surface area (Å²) in [5, 5.41) is 13.1. The fourth-order valence-corrected chi connectivity index (χ4v) is 2.92. The number of hydrogen-bond donors (Lipinski definition) is 2. The van der Waals surface area contributed by atoms with Crippen molar-refractivity contribution in [2.24, 2.45) is 0 Å². The Bertz CT molecular complexity index is 415. The van der Waals surface area contributed by atoms with Gasteiger partial charge in [0, 0.05) is 12.1 Å². The molecule has 19 heavy (non-hydrogen) atoms. The summed E-state index contributed by atoms with van der Waals surface area (Å²) in [6.07, 6.45) is 3.68. The largest absolute Gasteiger partial charge is 0.393 e. The van der Waals surface area contributed by atoms with Crippen molar-refractivity contribution in [1.82, 2.24) is 5.32 Å². The van der Waals surface area contributed by atoms with Gasteiger partial charge in [-0.05, 0) is 63.1 Å². The Morgan fingerprint density at radius 3 is 2.21 bits per heavy atom. The van der Waals surface area contributed by atoms with Crippen molar-refractivity contribution in [3.63, 3.8) is 0 Å². The molecule has 106 valence electrons. The molecule has 1 aliphatic carbocycles. The molecule has 2 N–H and O–H groups in total. The molecule has 1 unspecified atom stereocenters. The summed E-state index contributed by atoms with van der Waals surface area (Å²) in [5.74, 6) is -0.100. The third-order valence-electron chi connectivity index (χ3n) is 4.14. The molecule has 1 aromatic rings. The number of hydrogen-bond acceptors (Lipinski definition) is 2. The van der Waals surface area contributed by atoms with Crippen LogP contribution in [0, 0.1) is 19.7 Å². The second-order valence-corrected chi connectivity index (χ2v) is 5.86. The van der Waals surface area contributed by atoms with Crippen molar-refractivity contribution in [2.75, 3.05) is 0 Å². The van der Waals surface area contributed by atoms with Gasteiger partial charge in [-0.15, -0.1) is 0 Å². The van der Waals surface area contributed by atoms with E-state index in [4.69, 9.17) is 0 Å². The van der Waals surface area contributed by atoms with Gasteiger partial charge in [-0.25, -0.2) is 4.39 Å². The van der Waals surface area contributed by atoms with Crippen LogP contribution in [-0.2, 0) is 0 Å². The van der Waals surface area contributed by atoms with E-state index in [9.17, 15) is 9.50 Å². The van der Waals surface area contributed by atoms with Gasteiger partial charge in [0.15, 0.2) is 0 Å². The lowest BCUT2D eigenvalue weighted by molar-refractivity contribution is 0.114. The average Bonchev–Trinajstić information content (AvgIpc) is 2.38. The first-order valence-electron chi connectivity index (χ1n) is 7.18. The first-order valence-corrected chi connectivity index (χ1v) is 7.18. The van der Waals surface area contributed by atoms with E-state index < -0.39 is 0 Å². The number of aryl methyl sites for hydroxylation is 2. The van der Waals surface area contributed by atoms with E-state index >= 15 is 0 Å². The van der Waals surface area contributed by atoms with E-state index in [1.165, 1.54) is 0 Å². The van der Waals surface area contributed by atoms with Crippen molar-refractivity contribution in [2.45, 2.75) is 64.6 Å². The van der Waals surface area contributed by atoms with Crippen LogP contribution in [0.25, 0.3) is 0 Å². The molecule has 0 amide bonds. The van der Waals surface area contributed by atoms with Gasteiger partial charge in [0.25, 0.3) is 0 Å². The molecule has 1 fully saturated rings. The zero-order valence-corrected chi connectivity index (χ0v) is 12.0. The van der Waals surface area contributed by atoms with Gasteiger partial charge in [0.1, 0.15) is 5.82 Å². The first-order chi connectivity index (χ1) is 8.97. The summed E-state index contributed by atoms with van der Waals surface area (Å²) in [6.45, 7) is 5.75. The number of aliphatic hydroxyl groups is 1. The Balaban J connectivity index is 2.02. The summed E-state index contributed by atoms with van der Waals surface area (Å²) < 4.78 is 13.6. The number of aliphatic hydroxyl groups excluding tert-OH is 1. The molecule has 0 radical (unpaired) electrons. The zero-order chi connectivity index (χ0) is 14.0. The highest BCUT2D eigenvalue weighted by atomic mass is 19.1. The normalized spacial score (nSPS) is 25.3. The molecule has 1 aliphatic rings. The van der Waals surface area contributed by atoms with Crippen LogP contribution in [0.3, 0.4) is 0 Å².